The summed E-state index contributed by atoms with van der Waals surface area (Å²) in [5.74, 6) is -0.299. The predicted octanol–water partition coefficient (Wildman–Crippen LogP) is 2.31. The Labute approximate surface area is 139 Å². The molecule has 1 aromatic carbocycles. The quantitative estimate of drug-likeness (QED) is 0.753. The maximum Gasteiger partial charge on any atom is 0.274 e. The van der Waals surface area contributed by atoms with Gasteiger partial charge in [0.25, 0.3) is 5.91 Å². The summed E-state index contributed by atoms with van der Waals surface area (Å²) >= 11 is 0. The van der Waals surface area contributed by atoms with E-state index in [0.29, 0.717) is 17.9 Å². The van der Waals surface area contributed by atoms with Gasteiger partial charge in [-0.05, 0) is 24.3 Å². The number of likely N-dealkylation sites (N-methyl/N-ethyl adjacent to an activating group) is 1. The standard InChI is InChI=1S/C18H18N4O2/c1-22(10-11-23)14-7-9-19-16(12-14)18(24)21-15-6-2-4-13-5-3-8-20-17(13)15/h2-9,12,23H,10-11H2,1H3,(H,21,24). The number of hydrogen-bond acceptors (Lipinski definition) is 5. The Morgan fingerprint density at radius 2 is 2.00 bits per heavy atom. The number of amides is 1. The van der Waals surface area contributed by atoms with Gasteiger partial charge in [-0.1, -0.05) is 18.2 Å². The van der Waals surface area contributed by atoms with E-state index >= 15 is 0 Å². The van der Waals surface area contributed by atoms with Crippen LogP contribution in [-0.4, -0.2) is 41.2 Å². The first-order valence-corrected chi connectivity index (χ1v) is 7.62. The summed E-state index contributed by atoms with van der Waals surface area (Å²) in [5.41, 5.74) is 2.52. The number of aliphatic hydroxyl groups is 1. The first kappa shape index (κ1) is 15.9. The number of nitrogens with zero attached hydrogens (tertiary/aromatic N) is 3. The molecule has 0 aliphatic carbocycles. The minimum Gasteiger partial charge on any atom is -0.395 e. The highest BCUT2D eigenvalue weighted by Gasteiger charge is 2.12. The third-order valence-electron chi connectivity index (χ3n) is 3.73. The second kappa shape index (κ2) is 7.06. The van der Waals surface area contributed by atoms with E-state index in [2.05, 4.69) is 15.3 Å². The van der Waals surface area contributed by atoms with Gasteiger partial charge in [0.15, 0.2) is 0 Å². The van der Waals surface area contributed by atoms with Crippen molar-refractivity contribution in [2.75, 3.05) is 30.4 Å². The second-order valence-corrected chi connectivity index (χ2v) is 5.38. The molecule has 2 aromatic heterocycles. The molecule has 24 heavy (non-hydrogen) atoms. The number of anilines is 2. The molecule has 6 nitrogen and oxygen atoms in total. The SMILES string of the molecule is CN(CCO)c1ccnc(C(=O)Nc2cccc3cccnc23)c1. The molecule has 2 heterocycles. The highest BCUT2D eigenvalue weighted by atomic mass is 16.3. The van der Waals surface area contributed by atoms with E-state index in [0.717, 1.165) is 16.6 Å². The fourth-order valence-electron chi connectivity index (χ4n) is 2.45. The van der Waals surface area contributed by atoms with Crippen LogP contribution in [0.5, 0.6) is 0 Å². The zero-order valence-electron chi connectivity index (χ0n) is 13.3. The van der Waals surface area contributed by atoms with Gasteiger partial charge < -0.3 is 15.3 Å². The Kier molecular flexibility index (Phi) is 4.67. The smallest absolute Gasteiger partial charge is 0.274 e. The molecule has 0 radical (unpaired) electrons. The lowest BCUT2D eigenvalue weighted by atomic mass is 10.2. The molecule has 0 fully saturated rings. The second-order valence-electron chi connectivity index (χ2n) is 5.38. The van der Waals surface area contributed by atoms with Gasteiger partial charge in [-0.25, -0.2) is 0 Å². The molecule has 2 N–H and O–H groups in total. The average molecular weight is 322 g/mol. The molecule has 6 heteroatoms. The summed E-state index contributed by atoms with van der Waals surface area (Å²) in [6, 6.07) is 12.9. The van der Waals surface area contributed by atoms with Gasteiger partial charge in [0.2, 0.25) is 0 Å². The van der Waals surface area contributed by atoms with Gasteiger partial charge in [0.1, 0.15) is 5.69 Å². The Morgan fingerprint density at radius 1 is 1.17 bits per heavy atom. The van der Waals surface area contributed by atoms with E-state index < -0.39 is 0 Å². The summed E-state index contributed by atoms with van der Waals surface area (Å²) in [6.45, 7) is 0.528. The van der Waals surface area contributed by atoms with Gasteiger partial charge in [0.05, 0.1) is 17.8 Å². The van der Waals surface area contributed by atoms with Crippen molar-refractivity contribution in [3.63, 3.8) is 0 Å². The molecule has 3 aromatic rings. The van der Waals surface area contributed by atoms with Crippen molar-refractivity contribution in [1.29, 1.82) is 0 Å². The number of carbonyl (C=O) groups excluding carboxylic acids is 1. The van der Waals surface area contributed by atoms with Crippen LogP contribution in [-0.2, 0) is 0 Å². The van der Waals surface area contributed by atoms with E-state index in [1.54, 1.807) is 24.5 Å². The first-order chi connectivity index (χ1) is 11.7. The van der Waals surface area contributed by atoms with Gasteiger partial charge in [-0.15, -0.1) is 0 Å². The summed E-state index contributed by atoms with van der Waals surface area (Å²) in [5, 5.41) is 12.9. The summed E-state index contributed by atoms with van der Waals surface area (Å²) in [4.78, 5) is 22.8. The molecule has 0 aliphatic rings. The molecule has 1 amide bonds. The fraction of sp³-hybridized carbons (Fsp3) is 0.167. The first-order valence-electron chi connectivity index (χ1n) is 7.62. The van der Waals surface area contributed by atoms with Crippen LogP contribution in [0.3, 0.4) is 0 Å². The number of aliphatic hydroxyl groups excluding tert-OH is 1. The highest BCUT2D eigenvalue weighted by molar-refractivity contribution is 6.07. The van der Waals surface area contributed by atoms with E-state index in [-0.39, 0.29) is 12.5 Å². The van der Waals surface area contributed by atoms with Crippen molar-refractivity contribution in [2.45, 2.75) is 0 Å². The van der Waals surface area contributed by atoms with Crippen LogP contribution in [0.2, 0.25) is 0 Å². The number of rotatable bonds is 5. The Hall–Kier alpha value is -2.99. The van der Waals surface area contributed by atoms with Gasteiger partial charge in [-0.3, -0.25) is 14.8 Å². The molecule has 0 bridgehead atoms. The minimum atomic E-state index is -0.299. The molecule has 122 valence electrons. The van der Waals surface area contributed by atoms with Crippen molar-refractivity contribution < 1.29 is 9.90 Å². The van der Waals surface area contributed by atoms with Crippen LogP contribution in [0.15, 0.2) is 54.9 Å². The van der Waals surface area contributed by atoms with Crippen LogP contribution >= 0.6 is 0 Å². The number of para-hydroxylation sites is 1. The Bertz CT molecular complexity index is 861. The predicted molar refractivity (Wildman–Crippen MR) is 94.3 cm³/mol. The molecular weight excluding hydrogens is 304 g/mol. The van der Waals surface area contributed by atoms with Crippen molar-refractivity contribution >= 4 is 28.2 Å². The number of hydrogen-bond donors (Lipinski definition) is 2. The highest BCUT2D eigenvalue weighted by Crippen LogP contribution is 2.21. The van der Waals surface area contributed by atoms with E-state index in [4.69, 9.17) is 5.11 Å². The number of fused-ring (bicyclic) bond motifs is 1. The van der Waals surface area contributed by atoms with Crippen molar-refractivity contribution in [3.8, 4) is 0 Å². The Morgan fingerprint density at radius 3 is 2.83 bits per heavy atom. The van der Waals surface area contributed by atoms with Crippen LogP contribution in [0.4, 0.5) is 11.4 Å². The molecule has 0 aliphatic heterocycles. The third kappa shape index (κ3) is 3.33. The monoisotopic (exact) mass is 322 g/mol. The number of aromatic nitrogens is 2. The van der Waals surface area contributed by atoms with E-state index in [1.165, 1.54) is 0 Å². The van der Waals surface area contributed by atoms with Crippen LogP contribution in [0.25, 0.3) is 10.9 Å². The topological polar surface area (TPSA) is 78.3 Å². The number of carbonyl (C=O) groups is 1. The molecule has 0 saturated carbocycles. The van der Waals surface area contributed by atoms with Crippen LogP contribution < -0.4 is 10.2 Å². The van der Waals surface area contributed by atoms with Gasteiger partial charge in [0, 0.05) is 37.1 Å². The molecular formula is C18H18N4O2. The fourth-order valence-corrected chi connectivity index (χ4v) is 2.45. The Balaban J connectivity index is 1.86. The lowest BCUT2D eigenvalue weighted by Crippen LogP contribution is -2.22. The zero-order valence-corrected chi connectivity index (χ0v) is 13.3. The lowest BCUT2D eigenvalue weighted by Gasteiger charge is -2.18. The third-order valence-corrected chi connectivity index (χ3v) is 3.73. The average Bonchev–Trinajstić information content (AvgIpc) is 2.62. The molecule has 0 atom stereocenters. The summed E-state index contributed by atoms with van der Waals surface area (Å²) in [7, 11) is 1.85. The normalized spacial score (nSPS) is 10.6. The molecule has 0 saturated heterocycles. The summed E-state index contributed by atoms with van der Waals surface area (Å²) in [6.07, 6.45) is 3.28. The van der Waals surface area contributed by atoms with Crippen LogP contribution in [0, 0.1) is 0 Å². The zero-order chi connectivity index (χ0) is 16.9. The molecule has 3 rings (SSSR count). The lowest BCUT2D eigenvalue weighted by molar-refractivity contribution is 0.102. The molecule has 0 unspecified atom stereocenters. The maximum absolute atomic E-state index is 12.5. The van der Waals surface area contributed by atoms with E-state index in [1.807, 2.05) is 42.3 Å². The largest absolute Gasteiger partial charge is 0.395 e. The van der Waals surface area contributed by atoms with Gasteiger partial charge in [-0.2, -0.15) is 0 Å². The minimum absolute atomic E-state index is 0.0437. The molecule has 0 spiro atoms. The van der Waals surface area contributed by atoms with Crippen molar-refractivity contribution in [3.05, 3.63) is 60.6 Å². The van der Waals surface area contributed by atoms with Crippen molar-refractivity contribution in [2.24, 2.45) is 0 Å². The van der Waals surface area contributed by atoms with Crippen molar-refractivity contribution in [1.82, 2.24) is 9.97 Å². The number of benzene rings is 1. The van der Waals surface area contributed by atoms with Gasteiger partial charge >= 0.3 is 0 Å². The maximum atomic E-state index is 12.5. The van der Waals surface area contributed by atoms with Crippen LogP contribution in [0.1, 0.15) is 10.5 Å². The number of nitrogens with one attached hydrogen (secondary N) is 1. The summed E-state index contributed by atoms with van der Waals surface area (Å²) < 4.78 is 0. The van der Waals surface area contributed by atoms with E-state index in [9.17, 15) is 4.79 Å². The number of pyridine rings is 2.